The molecule has 3 rings (SSSR count). The van der Waals surface area contributed by atoms with Crippen molar-refractivity contribution < 1.29 is 18.9 Å². The van der Waals surface area contributed by atoms with Crippen LogP contribution >= 0.6 is 0 Å². The van der Waals surface area contributed by atoms with Crippen LogP contribution in [0.3, 0.4) is 0 Å². The minimum absolute atomic E-state index is 0.0336. The van der Waals surface area contributed by atoms with Gasteiger partial charge in [0.15, 0.2) is 17.8 Å². The van der Waals surface area contributed by atoms with Gasteiger partial charge < -0.3 is 18.9 Å². The van der Waals surface area contributed by atoms with Crippen LogP contribution in [0.25, 0.3) is 0 Å². The highest BCUT2D eigenvalue weighted by atomic mass is 16.7. The largest absolute Gasteiger partial charge is 0.493 e. The van der Waals surface area contributed by atoms with E-state index < -0.39 is 0 Å². The summed E-state index contributed by atoms with van der Waals surface area (Å²) in [4.78, 5) is 0. The Bertz CT molecular complexity index is 654. The summed E-state index contributed by atoms with van der Waals surface area (Å²) in [6.45, 7) is 2.53. The minimum Gasteiger partial charge on any atom is -0.493 e. The summed E-state index contributed by atoms with van der Waals surface area (Å²) in [6.07, 6.45) is 0.470. The second-order valence-corrected chi connectivity index (χ2v) is 5.62. The van der Waals surface area contributed by atoms with Gasteiger partial charge >= 0.3 is 0 Å². The van der Waals surface area contributed by atoms with Gasteiger partial charge in [0.1, 0.15) is 6.61 Å². The van der Waals surface area contributed by atoms with E-state index in [2.05, 4.69) is 0 Å². The molecule has 1 aliphatic heterocycles. The Morgan fingerprint density at radius 2 is 1.87 bits per heavy atom. The van der Waals surface area contributed by atoms with E-state index in [9.17, 15) is 0 Å². The number of rotatable bonds is 5. The van der Waals surface area contributed by atoms with Gasteiger partial charge in [-0.15, -0.1) is 0 Å². The lowest BCUT2D eigenvalue weighted by Crippen LogP contribution is -2.26. The number of hydrogen-bond acceptors (Lipinski definition) is 4. The molecule has 0 aromatic heterocycles. The Morgan fingerprint density at radius 1 is 1.09 bits per heavy atom. The molecule has 4 nitrogen and oxygen atoms in total. The highest BCUT2D eigenvalue weighted by Gasteiger charge is 2.26. The summed E-state index contributed by atoms with van der Waals surface area (Å²) < 4.78 is 22.6. The van der Waals surface area contributed by atoms with E-state index in [1.54, 1.807) is 14.2 Å². The average molecular weight is 314 g/mol. The third-order valence-electron chi connectivity index (χ3n) is 4.11. The zero-order valence-corrected chi connectivity index (χ0v) is 13.7. The highest BCUT2D eigenvalue weighted by Crippen LogP contribution is 2.38. The molecule has 0 saturated carbocycles. The number of benzene rings is 2. The Labute approximate surface area is 136 Å². The van der Waals surface area contributed by atoms with Gasteiger partial charge in [0.2, 0.25) is 0 Å². The van der Waals surface area contributed by atoms with Crippen molar-refractivity contribution >= 4 is 0 Å². The maximum absolute atomic E-state index is 5.97. The maximum atomic E-state index is 5.97. The van der Waals surface area contributed by atoms with E-state index in [4.69, 9.17) is 18.9 Å². The van der Waals surface area contributed by atoms with Crippen molar-refractivity contribution in [3.63, 3.8) is 0 Å². The zero-order valence-electron chi connectivity index (χ0n) is 13.7. The molecule has 0 unspecified atom stereocenters. The van der Waals surface area contributed by atoms with Crippen molar-refractivity contribution in [2.24, 2.45) is 0 Å². The normalized spacial score (nSPS) is 20.0. The first-order chi connectivity index (χ1) is 11.2. The van der Waals surface area contributed by atoms with Crippen molar-refractivity contribution in [2.75, 3.05) is 14.2 Å². The third kappa shape index (κ3) is 3.49. The second kappa shape index (κ2) is 7.02. The SMILES string of the molecule is COc1cc2c(cc1OCc1ccccc1)[C@@H](C)O[C@@H](OC)C2. The van der Waals surface area contributed by atoms with Gasteiger partial charge in [0, 0.05) is 13.5 Å². The minimum atomic E-state index is -0.210. The molecular weight excluding hydrogens is 292 g/mol. The van der Waals surface area contributed by atoms with E-state index in [-0.39, 0.29) is 12.4 Å². The molecule has 0 bridgehead atoms. The summed E-state index contributed by atoms with van der Waals surface area (Å²) in [5.74, 6) is 1.48. The van der Waals surface area contributed by atoms with Crippen LogP contribution in [0.15, 0.2) is 42.5 Å². The lowest BCUT2D eigenvalue weighted by molar-refractivity contribution is -0.159. The fraction of sp³-hybridized carbons (Fsp3) is 0.368. The standard InChI is InChI=1S/C19H22O4/c1-13-16-11-18(22-12-14-7-5-4-6-8-14)17(20-2)9-15(16)10-19(21-3)23-13/h4-9,11,13,19H,10,12H2,1-3H3/t13-,19-/m1/s1. The van der Waals surface area contributed by atoms with Crippen LogP contribution in [-0.2, 0) is 22.5 Å². The molecule has 0 fully saturated rings. The topological polar surface area (TPSA) is 36.9 Å². The fourth-order valence-electron chi connectivity index (χ4n) is 2.85. The number of fused-ring (bicyclic) bond motifs is 1. The van der Waals surface area contributed by atoms with Crippen LogP contribution in [0, 0.1) is 0 Å². The van der Waals surface area contributed by atoms with Crippen LogP contribution in [0.5, 0.6) is 11.5 Å². The van der Waals surface area contributed by atoms with Gasteiger partial charge in [-0.3, -0.25) is 0 Å². The van der Waals surface area contributed by atoms with Crippen molar-refractivity contribution in [1.29, 1.82) is 0 Å². The molecule has 4 heteroatoms. The van der Waals surface area contributed by atoms with Crippen LogP contribution in [0.4, 0.5) is 0 Å². The van der Waals surface area contributed by atoms with Crippen molar-refractivity contribution in [3.05, 3.63) is 59.2 Å². The molecule has 1 heterocycles. The maximum Gasteiger partial charge on any atom is 0.162 e. The molecule has 0 radical (unpaired) electrons. The monoisotopic (exact) mass is 314 g/mol. The van der Waals surface area contributed by atoms with Crippen molar-refractivity contribution in [3.8, 4) is 11.5 Å². The van der Waals surface area contributed by atoms with Crippen molar-refractivity contribution in [1.82, 2.24) is 0 Å². The summed E-state index contributed by atoms with van der Waals surface area (Å²) in [6, 6.07) is 14.1. The summed E-state index contributed by atoms with van der Waals surface area (Å²) >= 11 is 0. The van der Waals surface area contributed by atoms with E-state index in [0.29, 0.717) is 13.0 Å². The van der Waals surface area contributed by atoms with Gasteiger partial charge in [-0.1, -0.05) is 30.3 Å². The third-order valence-corrected chi connectivity index (χ3v) is 4.11. The smallest absolute Gasteiger partial charge is 0.162 e. The molecule has 122 valence electrons. The van der Waals surface area contributed by atoms with Gasteiger partial charge in [-0.2, -0.15) is 0 Å². The number of hydrogen-bond donors (Lipinski definition) is 0. The summed E-state index contributed by atoms with van der Waals surface area (Å²) in [5.41, 5.74) is 3.43. The molecule has 0 spiro atoms. The number of methoxy groups -OCH3 is 2. The predicted molar refractivity (Wildman–Crippen MR) is 87.8 cm³/mol. The Hall–Kier alpha value is -2.04. The molecule has 2 atom stereocenters. The quantitative estimate of drug-likeness (QED) is 0.839. The van der Waals surface area contributed by atoms with E-state index in [0.717, 1.165) is 22.6 Å². The Balaban J connectivity index is 1.84. The fourth-order valence-corrected chi connectivity index (χ4v) is 2.85. The van der Waals surface area contributed by atoms with Crippen LogP contribution in [0.2, 0.25) is 0 Å². The average Bonchev–Trinajstić information content (AvgIpc) is 2.60. The predicted octanol–water partition coefficient (Wildman–Crippen LogP) is 3.88. The van der Waals surface area contributed by atoms with Gasteiger partial charge in [-0.05, 0) is 35.7 Å². The van der Waals surface area contributed by atoms with Gasteiger partial charge in [0.05, 0.1) is 13.2 Å². The molecule has 0 saturated heterocycles. The van der Waals surface area contributed by atoms with Crippen LogP contribution in [-0.4, -0.2) is 20.5 Å². The second-order valence-electron chi connectivity index (χ2n) is 5.62. The van der Waals surface area contributed by atoms with Crippen LogP contribution in [0.1, 0.15) is 29.7 Å². The molecule has 1 aliphatic rings. The van der Waals surface area contributed by atoms with Crippen LogP contribution < -0.4 is 9.47 Å². The van der Waals surface area contributed by atoms with E-state index in [1.807, 2.05) is 49.4 Å². The highest BCUT2D eigenvalue weighted by molar-refractivity contribution is 5.49. The first-order valence-corrected chi connectivity index (χ1v) is 7.77. The van der Waals surface area contributed by atoms with E-state index >= 15 is 0 Å². The zero-order chi connectivity index (χ0) is 16.2. The van der Waals surface area contributed by atoms with Gasteiger partial charge in [0.25, 0.3) is 0 Å². The van der Waals surface area contributed by atoms with E-state index in [1.165, 1.54) is 5.56 Å². The molecule has 0 N–H and O–H groups in total. The molecule has 23 heavy (non-hydrogen) atoms. The molecule has 0 aliphatic carbocycles. The van der Waals surface area contributed by atoms with Crippen molar-refractivity contribution in [2.45, 2.75) is 32.3 Å². The molecule has 2 aromatic rings. The lowest BCUT2D eigenvalue weighted by atomic mass is 9.96. The summed E-state index contributed by atoms with van der Waals surface area (Å²) in [7, 11) is 3.32. The molecule has 0 amide bonds. The molecular formula is C19H22O4. The first kappa shape index (κ1) is 15.8. The summed E-state index contributed by atoms with van der Waals surface area (Å²) in [5, 5.41) is 0. The lowest BCUT2D eigenvalue weighted by Gasteiger charge is -2.30. The number of ether oxygens (including phenoxy) is 4. The molecule has 2 aromatic carbocycles. The Kier molecular flexibility index (Phi) is 4.84. The Morgan fingerprint density at radius 3 is 2.57 bits per heavy atom. The first-order valence-electron chi connectivity index (χ1n) is 7.77. The van der Waals surface area contributed by atoms with Gasteiger partial charge in [-0.25, -0.2) is 0 Å².